The van der Waals surface area contributed by atoms with E-state index in [0.717, 1.165) is 25.7 Å². The second kappa shape index (κ2) is 9.58. The molecule has 1 aromatic carbocycles. The molecule has 1 unspecified atom stereocenters. The third kappa shape index (κ3) is 6.30. The summed E-state index contributed by atoms with van der Waals surface area (Å²) in [6, 6.07) is 7.77. The van der Waals surface area contributed by atoms with Gasteiger partial charge in [0.25, 0.3) is 0 Å². The molecular formula is C17H25ClNO5P. The summed E-state index contributed by atoms with van der Waals surface area (Å²) in [5.41, 5.74) is 0. The van der Waals surface area contributed by atoms with Crippen LogP contribution in [0.5, 0.6) is 5.75 Å². The normalized spacial score (nSPS) is 19.2. The largest absolute Gasteiger partial charge is 0.532 e. The first-order valence-electron chi connectivity index (χ1n) is 8.62. The van der Waals surface area contributed by atoms with E-state index < -0.39 is 19.0 Å². The van der Waals surface area contributed by atoms with Crippen LogP contribution in [-0.4, -0.2) is 29.7 Å². The highest BCUT2D eigenvalue weighted by Gasteiger charge is 2.36. The first-order valence-corrected chi connectivity index (χ1v) is 11.1. The highest BCUT2D eigenvalue weighted by Crippen LogP contribution is 2.53. The number of hydrogen-bond donors (Lipinski definition) is 0. The summed E-state index contributed by atoms with van der Waals surface area (Å²) >= 11 is 5.81. The SMILES string of the molecule is CCON(C1CCCCC1)[C@@H](C)C(=O)OP(=O)(Cl)Oc1ccccc1. The predicted octanol–water partition coefficient (Wildman–Crippen LogP) is 4.93. The molecule has 140 valence electrons. The predicted molar refractivity (Wildman–Crippen MR) is 96.4 cm³/mol. The monoisotopic (exact) mass is 389 g/mol. The molecule has 8 heteroatoms. The lowest BCUT2D eigenvalue weighted by Gasteiger charge is -2.36. The fourth-order valence-corrected chi connectivity index (χ4v) is 4.15. The minimum absolute atomic E-state index is 0.140. The number of para-hydroxylation sites is 1. The quantitative estimate of drug-likeness (QED) is 0.464. The summed E-state index contributed by atoms with van der Waals surface area (Å²) in [6.07, 6.45) is 5.30. The maximum Gasteiger partial charge on any atom is 0.532 e. The van der Waals surface area contributed by atoms with Crippen LogP contribution in [-0.2, 0) is 18.7 Å². The Kier molecular flexibility index (Phi) is 7.76. The van der Waals surface area contributed by atoms with E-state index in [0.29, 0.717) is 6.61 Å². The third-order valence-corrected chi connectivity index (χ3v) is 5.33. The van der Waals surface area contributed by atoms with E-state index in [1.165, 1.54) is 6.42 Å². The fraction of sp³-hybridized carbons (Fsp3) is 0.588. The number of halogens is 1. The second-order valence-electron chi connectivity index (χ2n) is 5.99. The summed E-state index contributed by atoms with van der Waals surface area (Å²) < 4.78 is 22.4. The van der Waals surface area contributed by atoms with Gasteiger partial charge in [-0.05, 0) is 38.8 Å². The van der Waals surface area contributed by atoms with Crippen molar-refractivity contribution in [3.8, 4) is 5.75 Å². The second-order valence-corrected chi connectivity index (χ2v) is 8.46. The number of carbonyl (C=O) groups is 1. The first kappa shape index (κ1) is 20.2. The van der Waals surface area contributed by atoms with Crippen LogP contribution < -0.4 is 4.52 Å². The molecule has 1 aromatic rings. The van der Waals surface area contributed by atoms with E-state index in [2.05, 4.69) is 0 Å². The molecule has 0 N–H and O–H groups in total. The molecule has 2 atom stereocenters. The zero-order valence-electron chi connectivity index (χ0n) is 14.6. The van der Waals surface area contributed by atoms with Gasteiger partial charge < -0.3 is 9.05 Å². The lowest BCUT2D eigenvalue weighted by Crippen LogP contribution is -2.47. The van der Waals surface area contributed by atoms with Crippen molar-refractivity contribution in [3.05, 3.63) is 30.3 Å². The number of benzene rings is 1. The lowest BCUT2D eigenvalue weighted by molar-refractivity contribution is -0.216. The Morgan fingerprint density at radius 3 is 2.52 bits per heavy atom. The molecule has 0 saturated heterocycles. The van der Waals surface area contributed by atoms with Crippen LogP contribution >= 0.6 is 18.2 Å². The van der Waals surface area contributed by atoms with Gasteiger partial charge in [-0.1, -0.05) is 37.5 Å². The van der Waals surface area contributed by atoms with Gasteiger partial charge >= 0.3 is 12.9 Å². The fourth-order valence-electron chi connectivity index (χ4n) is 2.93. The van der Waals surface area contributed by atoms with Crippen LogP contribution in [0.4, 0.5) is 0 Å². The van der Waals surface area contributed by atoms with Crippen LogP contribution in [0.25, 0.3) is 0 Å². The van der Waals surface area contributed by atoms with Crippen LogP contribution in [0.3, 0.4) is 0 Å². The summed E-state index contributed by atoms with van der Waals surface area (Å²) in [5, 5.41) is 1.65. The highest BCUT2D eigenvalue weighted by molar-refractivity contribution is 7.82. The zero-order valence-corrected chi connectivity index (χ0v) is 16.2. The molecule has 1 aliphatic rings. The number of hydrogen-bond acceptors (Lipinski definition) is 6. The van der Waals surface area contributed by atoms with Crippen LogP contribution in [0.1, 0.15) is 46.0 Å². The Labute approximate surface area is 153 Å². The van der Waals surface area contributed by atoms with Crippen LogP contribution in [0.15, 0.2) is 30.3 Å². The molecule has 0 aliphatic heterocycles. The Balaban J connectivity index is 1.99. The molecular weight excluding hydrogens is 365 g/mol. The van der Waals surface area contributed by atoms with E-state index in [-0.39, 0.29) is 11.8 Å². The first-order chi connectivity index (χ1) is 11.9. The smallest absolute Gasteiger partial charge is 0.405 e. The van der Waals surface area contributed by atoms with E-state index >= 15 is 0 Å². The molecule has 0 radical (unpaired) electrons. The lowest BCUT2D eigenvalue weighted by atomic mass is 9.94. The minimum Gasteiger partial charge on any atom is -0.405 e. The molecule has 0 amide bonds. The summed E-state index contributed by atoms with van der Waals surface area (Å²) in [6.45, 7) is -0.126. The highest BCUT2D eigenvalue weighted by atomic mass is 35.7. The van der Waals surface area contributed by atoms with Gasteiger partial charge in [-0.2, -0.15) is 5.06 Å². The van der Waals surface area contributed by atoms with Gasteiger partial charge in [0.15, 0.2) is 0 Å². The average Bonchev–Trinajstić information content (AvgIpc) is 2.60. The number of carbonyl (C=O) groups excluding carboxylic acids is 1. The van der Waals surface area contributed by atoms with Crippen molar-refractivity contribution in [2.45, 2.75) is 58.0 Å². The van der Waals surface area contributed by atoms with E-state index in [1.807, 2.05) is 6.92 Å². The maximum atomic E-state index is 12.4. The number of rotatable bonds is 8. The molecule has 1 aliphatic carbocycles. The van der Waals surface area contributed by atoms with Gasteiger partial charge in [-0.15, -0.1) is 0 Å². The van der Waals surface area contributed by atoms with Gasteiger partial charge in [0.2, 0.25) is 0 Å². The molecule has 25 heavy (non-hydrogen) atoms. The van der Waals surface area contributed by atoms with E-state index in [9.17, 15) is 9.36 Å². The molecule has 6 nitrogen and oxygen atoms in total. The zero-order chi connectivity index (χ0) is 18.3. The molecule has 1 saturated carbocycles. The Morgan fingerprint density at radius 2 is 1.92 bits per heavy atom. The molecule has 0 heterocycles. The van der Waals surface area contributed by atoms with Gasteiger partial charge in [-0.3, -0.25) is 4.84 Å². The van der Waals surface area contributed by atoms with Crippen molar-refractivity contribution in [2.24, 2.45) is 0 Å². The third-order valence-electron chi connectivity index (χ3n) is 4.09. The average molecular weight is 390 g/mol. The Morgan fingerprint density at radius 1 is 1.28 bits per heavy atom. The van der Waals surface area contributed by atoms with Crippen molar-refractivity contribution >= 4 is 24.2 Å². The molecule has 0 aromatic heterocycles. The van der Waals surface area contributed by atoms with Crippen LogP contribution in [0, 0.1) is 0 Å². The van der Waals surface area contributed by atoms with Crippen molar-refractivity contribution in [1.82, 2.24) is 5.06 Å². The summed E-state index contributed by atoms with van der Waals surface area (Å²) in [7, 11) is 0. The Hall–Kier alpha value is -1.07. The molecule has 2 rings (SSSR count). The summed E-state index contributed by atoms with van der Waals surface area (Å²) in [4.78, 5) is 18.1. The van der Waals surface area contributed by atoms with Gasteiger partial charge in [0.05, 0.1) is 6.61 Å². The topological polar surface area (TPSA) is 65.1 Å². The molecule has 0 bridgehead atoms. The van der Waals surface area contributed by atoms with Crippen molar-refractivity contribution in [1.29, 1.82) is 0 Å². The minimum atomic E-state index is -4.08. The van der Waals surface area contributed by atoms with E-state index in [1.54, 1.807) is 42.3 Å². The van der Waals surface area contributed by atoms with Gasteiger partial charge in [0.1, 0.15) is 11.8 Å². The number of nitrogens with zero attached hydrogens (tertiary/aromatic N) is 1. The van der Waals surface area contributed by atoms with E-state index in [4.69, 9.17) is 25.1 Å². The Bertz CT molecular complexity index is 594. The van der Waals surface area contributed by atoms with Crippen molar-refractivity contribution < 1.29 is 23.2 Å². The molecule has 0 spiro atoms. The van der Waals surface area contributed by atoms with Crippen molar-refractivity contribution in [2.75, 3.05) is 6.61 Å². The van der Waals surface area contributed by atoms with Gasteiger partial charge in [0, 0.05) is 17.3 Å². The van der Waals surface area contributed by atoms with Crippen molar-refractivity contribution in [3.63, 3.8) is 0 Å². The standard InChI is InChI=1S/C17H25ClNO5P/c1-3-22-19(15-10-6-4-7-11-15)14(2)17(20)24-25(18,21)23-16-12-8-5-9-13-16/h5,8-9,12-15H,3-4,6-7,10-11H2,1-2H3/t14-,25?/m0/s1. The van der Waals surface area contributed by atoms with Gasteiger partial charge in [-0.25, -0.2) is 9.36 Å². The molecule has 1 fully saturated rings. The maximum absolute atomic E-state index is 12.4. The summed E-state index contributed by atoms with van der Waals surface area (Å²) in [5.74, 6) is -0.455. The number of hydroxylamine groups is 2. The van der Waals surface area contributed by atoms with Crippen LogP contribution in [0.2, 0.25) is 0 Å².